The van der Waals surface area contributed by atoms with Crippen LogP contribution in [0.4, 0.5) is 5.82 Å². The maximum atomic E-state index is 8.97. The van der Waals surface area contributed by atoms with E-state index in [4.69, 9.17) is 15.7 Å². The highest BCUT2D eigenvalue weighted by Crippen LogP contribution is 2.29. The number of aromatic amines is 1. The number of aromatic nitrogens is 1. The minimum Gasteiger partial charge on any atom is -0.497 e. The van der Waals surface area contributed by atoms with Gasteiger partial charge in [0.25, 0.3) is 0 Å². The third-order valence-corrected chi connectivity index (χ3v) is 2.45. The quantitative estimate of drug-likeness (QED) is 0.740. The molecule has 4 heteroatoms. The molecule has 15 heavy (non-hydrogen) atoms. The van der Waals surface area contributed by atoms with Crippen LogP contribution in [-0.2, 0) is 0 Å². The number of H-pyrrole nitrogens is 1. The SMILES string of the molecule is COc1cc(C)c2[nH]c(N)c(C#N)c2c1. The molecule has 0 saturated carbocycles. The summed E-state index contributed by atoms with van der Waals surface area (Å²) in [7, 11) is 1.60. The van der Waals surface area contributed by atoms with E-state index in [1.807, 2.05) is 19.1 Å². The molecule has 2 rings (SSSR count). The van der Waals surface area contributed by atoms with E-state index >= 15 is 0 Å². The molecule has 0 amide bonds. The van der Waals surface area contributed by atoms with E-state index in [1.165, 1.54) is 0 Å². The Kier molecular flexibility index (Phi) is 2.01. The van der Waals surface area contributed by atoms with Gasteiger partial charge >= 0.3 is 0 Å². The predicted octanol–water partition coefficient (Wildman–Crippen LogP) is 1.94. The van der Waals surface area contributed by atoms with Gasteiger partial charge in [0.15, 0.2) is 0 Å². The highest BCUT2D eigenvalue weighted by molar-refractivity contribution is 5.94. The van der Waals surface area contributed by atoms with Crippen LogP contribution in [0.5, 0.6) is 5.75 Å². The number of fused-ring (bicyclic) bond motifs is 1. The van der Waals surface area contributed by atoms with Crippen molar-refractivity contribution in [2.45, 2.75) is 6.92 Å². The molecular weight excluding hydrogens is 190 g/mol. The Morgan fingerprint density at radius 2 is 2.20 bits per heavy atom. The van der Waals surface area contributed by atoms with Crippen molar-refractivity contribution in [3.05, 3.63) is 23.3 Å². The van der Waals surface area contributed by atoms with Crippen molar-refractivity contribution in [1.82, 2.24) is 4.98 Å². The molecule has 3 N–H and O–H groups in total. The summed E-state index contributed by atoms with van der Waals surface area (Å²) >= 11 is 0. The molecule has 1 aromatic carbocycles. The lowest BCUT2D eigenvalue weighted by atomic mass is 10.1. The van der Waals surface area contributed by atoms with E-state index in [9.17, 15) is 0 Å². The van der Waals surface area contributed by atoms with Crippen molar-refractivity contribution in [1.29, 1.82) is 5.26 Å². The number of nitrogen functional groups attached to an aromatic ring is 1. The fourth-order valence-electron chi connectivity index (χ4n) is 1.70. The molecule has 0 aliphatic heterocycles. The molecular formula is C11H11N3O. The van der Waals surface area contributed by atoms with Crippen LogP contribution in [0.1, 0.15) is 11.1 Å². The van der Waals surface area contributed by atoms with Crippen LogP contribution < -0.4 is 10.5 Å². The van der Waals surface area contributed by atoms with Crippen molar-refractivity contribution in [2.75, 3.05) is 12.8 Å². The number of aryl methyl sites for hydroxylation is 1. The second kappa shape index (κ2) is 3.21. The molecule has 0 bridgehead atoms. The summed E-state index contributed by atoms with van der Waals surface area (Å²) in [6.07, 6.45) is 0. The Morgan fingerprint density at radius 3 is 2.80 bits per heavy atom. The second-order valence-electron chi connectivity index (χ2n) is 3.39. The van der Waals surface area contributed by atoms with Gasteiger partial charge in [-0.05, 0) is 24.6 Å². The summed E-state index contributed by atoms with van der Waals surface area (Å²) in [5.74, 6) is 1.14. The number of hydrogen-bond donors (Lipinski definition) is 2. The van der Waals surface area contributed by atoms with Crippen LogP contribution in [0, 0.1) is 18.3 Å². The second-order valence-corrected chi connectivity index (χ2v) is 3.39. The Bertz CT molecular complexity index is 563. The zero-order chi connectivity index (χ0) is 11.0. The lowest BCUT2D eigenvalue weighted by Gasteiger charge is -2.02. The molecule has 0 spiro atoms. The van der Waals surface area contributed by atoms with Crippen molar-refractivity contribution < 1.29 is 4.74 Å². The largest absolute Gasteiger partial charge is 0.497 e. The highest BCUT2D eigenvalue weighted by Gasteiger charge is 2.11. The average Bonchev–Trinajstić information content (AvgIpc) is 2.54. The van der Waals surface area contributed by atoms with Gasteiger partial charge in [-0.1, -0.05) is 0 Å². The summed E-state index contributed by atoms with van der Waals surface area (Å²) in [6.45, 7) is 1.95. The van der Waals surface area contributed by atoms with E-state index in [1.54, 1.807) is 7.11 Å². The van der Waals surface area contributed by atoms with E-state index in [-0.39, 0.29) is 0 Å². The number of anilines is 1. The number of rotatable bonds is 1. The number of methoxy groups -OCH3 is 1. The van der Waals surface area contributed by atoms with Crippen molar-refractivity contribution >= 4 is 16.7 Å². The summed E-state index contributed by atoms with van der Waals surface area (Å²) in [5.41, 5.74) is 8.09. The molecule has 0 radical (unpaired) electrons. The van der Waals surface area contributed by atoms with Crippen LogP contribution in [0.3, 0.4) is 0 Å². The first-order valence-corrected chi connectivity index (χ1v) is 4.53. The fourth-order valence-corrected chi connectivity index (χ4v) is 1.70. The summed E-state index contributed by atoms with van der Waals surface area (Å²) in [4.78, 5) is 3.00. The van der Waals surface area contributed by atoms with Crippen molar-refractivity contribution in [2.24, 2.45) is 0 Å². The van der Waals surface area contributed by atoms with Crippen LogP contribution >= 0.6 is 0 Å². The van der Waals surface area contributed by atoms with Crippen LogP contribution in [-0.4, -0.2) is 12.1 Å². The van der Waals surface area contributed by atoms with Gasteiger partial charge < -0.3 is 15.5 Å². The number of ether oxygens (including phenoxy) is 1. The fraction of sp³-hybridized carbons (Fsp3) is 0.182. The van der Waals surface area contributed by atoms with Crippen molar-refractivity contribution in [3.63, 3.8) is 0 Å². The first-order valence-electron chi connectivity index (χ1n) is 4.53. The van der Waals surface area contributed by atoms with Gasteiger partial charge in [-0.15, -0.1) is 0 Å². The molecule has 4 nitrogen and oxygen atoms in total. The monoisotopic (exact) mass is 201 g/mol. The third kappa shape index (κ3) is 1.29. The summed E-state index contributed by atoms with van der Waals surface area (Å²) < 4.78 is 5.15. The predicted molar refractivity (Wildman–Crippen MR) is 58.7 cm³/mol. The first kappa shape index (κ1) is 9.41. The third-order valence-electron chi connectivity index (χ3n) is 2.45. The van der Waals surface area contributed by atoms with Gasteiger partial charge in [-0.3, -0.25) is 0 Å². The molecule has 0 aliphatic rings. The molecule has 0 fully saturated rings. The van der Waals surface area contributed by atoms with E-state index < -0.39 is 0 Å². The Hall–Kier alpha value is -2.15. The molecule has 2 aromatic rings. The molecule has 1 heterocycles. The lowest BCUT2D eigenvalue weighted by molar-refractivity contribution is 0.415. The average molecular weight is 201 g/mol. The normalized spacial score (nSPS) is 10.2. The van der Waals surface area contributed by atoms with Gasteiger partial charge in [0.1, 0.15) is 23.2 Å². The number of nitriles is 1. The van der Waals surface area contributed by atoms with E-state index in [0.717, 1.165) is 22.2 Å². The number of nitrogens with zero attached hydrogens (tertiary/aromatic N) is 1. The molecule has 0 atom stereocenters. The Morgan fingerprint density at radius 1 is 1.47 bits per heavy atom. The summed E-state index contributed by atoms with van der Waals surface area (Å²) in [6, 6.07) is 5.80. The maximum absolute atomic E-state index is 8.97. The number of benzene rings is 1. The zero-order valence-corrected chi connectivity index (χ0v) is 8.59. The molecule has 0 saturated heterocycles. The van der Waals surface area contributed by atoms with Gasteiger partial charge in [0.2, 0.25) is 0 Å². The van der Waals surface area contributed by atoms with E-state index in [0.29, 0.717) is 11.4 Å². The maximum Gasteiger partial charge on any atom is 0.119 e. The minimum atomic E-state index is 0.406. The van der Waals surface area contributed by atoms with Gasteiger partial charge in [-0.2, -0.15) is 5.26 Å². The van der Waals surface area contributed by atoms with Gasteiger partial charge in [0, 0.05) is 5.39 Å². The van der Waals surface area contributed by atoms with Gasteiger partial charge in [0.05, 0.1) is 12.6 Å². The molecule has 0 unspecified atom stereocenters. The van der Waals surface area contributed by atoms with E-state index in [2.05, 4.69) is 11.1 Å². The molecule has 76 valence electrons. The number of hydrogen-bond acceptors (Lipinski definition) is 3. The number of nitrogens with one attached hydrogen (secondary N) is 1. The summed E-state index contributed by atoms with van der Waals surface area (Å²) in [5, 5.41) is 9.78. The molecule has 1 aromatic heterocycles. The minimum absolute atomic E-state index is 0.406. The highest BCUT2D eigenvalue weighted by atomic mass is 16.5. The number of nitrogens with two attached hydrogens (primary N) is 1. The topological polar surface area (TPSA) is 74.8 Å². The first-order chi connectivity index (χ1) is 7.17. The van der Waals surface area contributed by atoms with Crippen LogP contribution in [0.15, 0.2) is 12.1 Å². The smallest absolute Gasteiger partial charge is 0.119 e. The Balaban J connectivity index is 2.88. The Labute approximate surface area is 87.3 Å². The lowest BCUT2D eigenvalue weighted by Crippen LogP contribution is -1.86. The molecule has 0 aliphatic carbocycles. The zero-order valence-electron chi connectivity index (χ0n) is 8.59. The van der Waals surface area contributed by atoms with Crippen LogP contribution in [0.2, 0.25) is 0 Å². The van der Waals surface area contributed by atoms with Crippen molar-refractivity contribution in [3.8, 4) is 11.8 Å². The van der Waals surface area contributed by atoms with Gasteiger partial charge in [-0.25, -0.2) is 0 Å². The standard InChI is InChI=1S/C11H11N3O/c1-6-3-7(15-2)4-8-9(5-12)11(13)14-10(6)8/h3-4,14H,13H2,1-2H3. The van der Waals surface area contributed by atoms with Crippen LogP contribution in [0.25, 0.3) is 10.9 Å².